The maximum absolute atomic E-state index is 12.3. The van der Waals surface area contributed by atoms with Gasteiger partial charge in [0.25, 0.3) is 5.22 Å². The average Bonchev–Trinajstić information content (AvgIpc) is 3.25. The summed E-state index contributed by atoms with van der Waals surface area (Å²) in [4.78, 5) is 28.5. The molecule has 136 valence electrons. The topological polar surface area (TPSA) is 97.4 Å². The number of aromatic nitrogens is 1. The number of carbonyl (C=O) groups excluding carboxylic acids is 2. The first-order valence-corrected chi connectivity index (χ1v) is 9.16. The zero-order chi connectivity index (χ0) is 18.8. The molecule has 0 radical (unpaired) electrons. The molecule has 0 aliphatic rings. The lowest BCUT2D eigenvalue weighted by Crippen LogP contribution is -2.42. The van der Waals surface area contributed by atoms with Crippen molar-refractivity contribution in [2.75, 3.05) is 5.75 Å². The standard InChI is InChI=1S/C19H15N3O4S/c1-11-12-6-2-4-8-14(12)25-17(11)18(24)22-21-16(23)10-27-19-20-13-7-3-5-9-15(13)26-19/h2-9H,10H2,1H3,(H,21,23)(H,22,24). The zero-order valence-electron chi connectivity index (χ0n) is 14.3. The number of thioether (sulfide) groups is 1. The third kappa shape index (κ3) is 3.52. The highest BCUT2D eigenvalue weighted by Gasteiger charge is 2.18. The van der Waals surface area contributed by atoms with Gasteiger partial charge in [0.1, 0.15) is 11.1 Å². The number of carbonyl (C=O) groups is 2. The number of furan rings is 1. The Bertz CT molecular complexity index is 1120. The molecule has 0 bridgehead atoms. The lowest BCUT2D eigenvalue weighted by atomic mass is 10.1. The number of aryl methyl sites for hydroxylation is 1. The van der Waals surface area contributed by atoms with Crippen LogP contribution in [-0.4, -0.2) is 22.6 Å². The number of nitrogens with zero attached hydrogens (tertiary/aromatic N) is 1. The van der Waals surface area contributed by atoms with Gasteiger partial charge in [0.2, 0.25) is 5.91 Å². The Balaban J connectivity index is 1.34. The van der Waals surface area contributed by atoms with Crippen LogP contribution in [0.1, 0.15) is 16.1 Å². The summed E-state index contributed by atoms with van der Waals surface area (Å²) >= 11 is 1.14. The van der Waals surface area contributed by atoms with Gasteiger partial charge in [-0.15, -0.1) is 0 Å². The van der Waals surface area contributed by atoms with E-state index in [0.717, 1.165) is 28.2 Å². The maximum atomic E-state index is 12.3. The summed E-state index contributed by atoms with van der Waals surface area (Å²) in [6, 6.07) is 14.7. The van der Waals surface area contributed by atoms with Crippen molar-refractivity contribution < 1.29 is 18.4 Å². The molecule has 4 rings (SSSR count). The fourth-order valence-electron chi connectivity index (χ4n) is 2.65. The van der Waals surface area contributed by atoms with E-state index >= 15 is 0 Å². The van der Waals surface area contributed by atoms with Crippen molar-refractivity contribution in [2.45, 2.75) is 12.1 Å². The van der Waals surface area contributed by atoms with Crippen LogP contribution in [0.2, 0.25) is 0 Å². The van der Waals surface area contributed by atoms with E-state index < -0.39 is 5.91 Å². The smallest absolute Gasteiger partial charge is 0.305 e. The Hall–Kier alpha value is -3.26. The molecule has 0 aliphatic heterocycles. The lowest BCUT2D eigenvalue weighted by molar-refractivity contribution is -0.119. The lowest BCUT2D eigenvalue weighted by Gasteiger charge is -2.05. The Kier molecular flexibility index (Phi) is 4.55. The van der Waals surface area contributed by atoms with E-state index in [1.165, 1.54) is 0 Å². The van der Waals surface area contributed by atoms with Crippen LogP contribution in [0.25, 0.3) is 22.1 Å². The molecule has 0 fully saturated rings. The third-order valence-electron chi connectivity index (χ3n) is 3.97. The Morgan fingerprint density at radius 1 is 1.00 bits per heavy atom. The van der Waals surface area contributed by atoms with E-state index in [1.807, 2.05) is 42.5 Å². The number of oxazole rings is 1. The summed E-state index contributed by atoms with van der Waals surface area (Å²) in [6.07, 6.45) is 0. The second kappa shape index (κ2) is 7.16. The van der Waals surface area contributed by atoms with Crippen LogP contribution in [0, 0.1) is 6.92 Å². The number of hydrogen-bond acceptors (Lipinski definition) is 6. The van der Waals surface area contributed by atoms with Crippen molar-refractivity contribution >= 4 is 45.6 Å². The van der Waals surface area contributed by atoms with Crippen LogP contribution in [0.15, 0.2) is 62.6 Å². The van der Waals surface area contributed by atoms with Crippen molar-refractivity contribution in [1.29, 1.82) is 0 Å². The van der Waals surface area contributed by atoms with E-state index in [2.05, 4.69) is 15.8 Å². The predicted molar refractivity (Wildman–Crippen MR) is 101 cm³/mol. The molecule has 8 heteroatoms. The molecule has 2 heterocycles. The minimum atomic E-state index is -0.510. The van der Waals surface area contributed by atoms with Crippen molar-refractivity contribution in [1.82, 2.24) is 15.8 Å². The number of fused-ring (bicyclic) bond motifs is 2. The van der Waals surface area contributed by atoms with Gasteiger partial charge in [-0.3, -0.25) is 20.4 Å². The van der Waals surface area contributed by atoms with Gasteiger partial charge in [-0.2, -0.15) is 0 Å². The predicted octanol–water partition coefficient (Wildman–Crippen LogP) is 3.44. The van der Waals surface area contributed by atoms with E-state index in [9.17, 15) is 9.59 Å². The fourth-order valence-corrected chi connectivity index (χ4v) is 3.29. The van der Waals surface area contributed by atoms with E-state index in [-0.39, 0.29) is 17.4 Å². The van der Waals surface area contributed by atoms with Crippen molar-refractivity contribution in [3.63, 3.8) is 0 Å². The molecule has 2 N–H and O–H groups in total. The van der Waals surface area contributed by atoms with E-state index in [1.54, 1.807) is 13.0 Å². The quantitative estimate of drug-likeness (QED) is 0.415. The number of rotatable bonds is 4. The number of amides is 2. The molecule has 0 saturated carbocycles. The molecule has 0 unspecified atom stereocenters. The van der Waals surface area contributed by atoms with Crippen LogP contribution in [0.4, 0.5) is 0 Å². The number of nitrogens with one attached hydrogen (secondary N) is 2. The minimum Gasteiger partial charge on any atom is -0.451 e. The van der Waals surface area contributed by atoms with Gasteiger partial charge >= 0.3 is 5.91 Å². The van der Waals surface area contributed by atoms with Gasteiger partial charge in [-0.05, 0) is 25.1 Å². The molecule has 2 amide bonds. The highest BCUT2D eigenvalue weighted by atomic mass is 32.2. The average molecular weight is 381 g/mol. The molecule has 27 heavy (non-hydrogen) atoms. The Morgan fingerprint density at radius 2 is 1.74 bits per heavy atom. The molecule has 4 aromatic rings. The number of hydrogen-bond donors (Lipinski definition) is 2. The maximum Gasteiger partial charge on any atom is 0.305 e. The number of hydrazine groups is 1. The molecular formula is C19H15N3O4S. The molecular weight excluding hydrogens is 366 g/mol. The fraction of sp³-hybridized carbons (Fsp3) is 0.105. The Labute approximate surface area is 158 Å². The second-order valence-electron chi connectivity index (χ2n) is 5.79. The molecule has 7 nitrogen and oxygen atoms in total. The number of para-hydroxylation sites is 3. The van der Waals surface area contributed by atoms with Crippen LogP contribution in [-0.2, 0) is 4.79 Å². The zero-order valence-corrected chi connectivity index (χ0v) is 15.1. The van der Waals surface area contributed by atoms with Crippen LogP contribution < -0.4 is 10.9 Å². The van der Waals surface area contributed by atoms with Crippen molar-refractivity contribution in [3.05, 3.63) is 59.9 Å². The molecule has 0 saturated heterocycles. The van der Waals surface area contributed by atoms with Crippen molar-refractivity contribution in [3.8, 4) is 0 Å². The van der Waals surface area contributed by atoms with Crippen LogP contribution in [0.3, 0.4) is 0 Å². The first kappa shape index (κ1) is 17.2. The molecule has 0 spiro atoms. The summed E-state index contributed by atoms with van der Waals surface area (Å²) < 4.78 is 11.1. The van der Waals surface area contributed by atoms with Gasteiger partial charge < -0.3 is 8.83 Å². The molecule has 2 aromatic carbocycles. The van der Waals surface area contributed by atoms with Gasteiger partial charge in [-0.1, -0.05) is 42.1 Å². The van der Waals surface area contributed by atoms with E-state index in [0.29, 0.717) is 16.4 Å². The van der Waals surface area contributed by atoms with Crippen molar-refractivity contribution in [2.24, 2.45) is 0 Å². The SMILES string of the molecule is Cc1c(C(=O)NNC(=O)CSc2nc3ccccc3o2)oc2ccccc12. The summed E-state index contributed by atoms with van der Waals surface area (Å²) in [5.74, 6) is -0.678. The van der Waals surface area contributed by atoms with Gasteiger partial charge in [0.05, 0.1) is 5.75 Å². The number of benzene rings is 2. The minimum absolute atomic E-state index is 0.0478. The van der Waals surface area contributed by atoms with Gasteiger partial charge in [0, 0.05) is 10.9 Å². The normalized spacial score (nSPS) is 11.0. The monoisotopic (exact) mass is 381 g/mol. The summed E-state index contributed by atoms with van der Waals surface area (Å²) in [5.41, 5.74) is 7.47. The van der Waals surface area contributed by atoms with Gasteiger partial charge in [0.15, 0.2) is 11.3 Å². The third-order valence-corrected chi connectivity index (χ3v) is 4.79. The molecule has 0 atom stereocenters. The van der Waals surface area contributed by atoms with Gasteiger partial charge in [-0.25, -0.2) is 4.98 Å². The first-order valence-electron chi connectivity index (χ1n) is 8.17. The largest absolute Gasteiger partial charge is 0.451 e. The van der Waals surface area contributed by atoms with E-state index in [4.69, 9.17) is 8.83 Å². The second-order valence-corrected chi connectivity index (χ2v) is 6.72. The summed E-state index contributed by atoms with van der Waals surface area (Å²) in [7, 11) is 0. The summed E-state index contributed by atoms with van der Waals surface area (Å²) in [6.45, 7) is 1.80. The Morgan fingerprint density at radius 3 is 2.52 bits per heavy atom. The molecule has 2 aromatic heterocycles. The molecule has 0 aliphatic carbocycles. The van der Waals surface area contributed by atoms with Crippen LogP contribution in [0.5, 0.6) is 0 Å². The van der Waals surface area contributed by atoms with Crippen LogP contribution >= 0.6 is 11.8 Å². The first-order chi connectivity index (χ1) is 13.1. The highest BCUT2D eigenvalue weighted by molar-refractivity contribution is 7.99. The highest BCUT2D eigenvalue weighted by Crippen LogP contribution is 2.25. The summed E-state index contributed by atoms with van der Waals surface area (Å²) in [5, 5.41) is 1.26.